The van der Waals surface area contributed by atoms with Crippen LogP contribution in [0.3, 0.4) is 0 Å². The molecule has 2 aromatic carbocycles. The second kappa shape index (κ2) is 8.82. The molecular formula is C19H27ClN2. The minimum absolute atomic E-state index is 0. The topological polar surface area (TPSA) is 6.48 Å². The third kappa shape index (κ3) is 5.04. The van der Waals surface area contributed by atoms with Crippen molar-refractivity contribution in [2.24, 2.45) is 0 Å². The summed E-state index contributed by atoms with van der Waals surface area (Å²) in [6, 6.07) is 19.9. The quantitative estimate of drug-likeness (QED) is 0.771. The molecule has 3 heteroatoms. The van der Waals surface area contributed by atoms with Crippen LogP contribution in [-0.4, -0.2) is 32.1 Å². The molecule has 0 N–H and O–H groups in total. The lowest BCUT2D eigenvalue weighted by Gasteiger charge is -2.33. The predicted molar refractivity (Wildman–Crippen MR) is 99.2 cm³/mol. The highest BCUT2D eigenvalue weighted by molar-refractivity contribution is 5.85. The lowest BCUT2D eigenvalue weighted by atomic mass is 10.0. The van der Waals surface area contributed by atoms with E-state index in [0.717, 1.165) is 13.1 Å². The van der Waals surface area contributed by atoms with Gasteiger partial charge in [-0.3, -0.25) is 0 Å². The molecule has 0 saturated heterocycles. The highest BCUT2D eigenvalue weighted by Crippen LogP contribution is 2.26. The van der Waals surface area contributed by atoms with E-state index in [1.54, 1.807) is 0 Å². The number of halogens is 1. The van der Waals surface area contributed by atoms with Gasteiger partial charge in [-0.2, -0.15) is 0 Å². The van der Waals surface area contributed by atoms with E-state index in [1.807, 2.05) is 0 Å². The van der Waals surface area contributed by atoms with Crippen LogP contribution in [0.25, 0.3) is 0 Å². The first-order valence-corrected chi connectivity index (χ1v) is 7.61. The third-order valence-corrected chi connectivity index (χ3v) is 3.90. The summed E-state index contributed by atoms with van der Waals surface area (Å²) in [6.07, 6.45) is 0. The third-order valence-electron chi connectivity index (χ3n) is 3.90. The first kappa shape index (κ1) is 18.5. The van der Waals surface area contributed by atoms with Gasteiger partial charge in [0.1, 0.15) is 0 Å². The van der Waals surface area contributed by atoms with E-state index in [0.29, 0.717) is 6.04 Å². The second-order valence-electron chi connectivity index (χ2n) is 5.92. The Morgan fingerprint density at radius 1 is 0.864 bits per heavy atom. The highest BCUT2D eigenvalue weighted by Gasteiger charge is 2.16. The summed E-state index contributed by atoms with van der Waals surface area (Å²) in [6.45, 7) is 6.49. The minimum atomic E-state index is 0. The van der Waals surface area contributed by atoms with Crippen molar-refractivity contribution in [2.45, 2.75) is 19.9 Å². The Hall–Kier alpha value is -1.51. The van der Waals surface area contributed by atoms with E-state index in [9.17, 15) is 0 Å². The first-order valence-electron chi connectivity index (χ1n) is 7.61. The Balaban J connectivity index is 0.00000242. The molecule has 0 aliphatic rings. The van der Waals surface area contributed by atoms with E-state index < -0.39 is 0 Å². The van der Waals surface area contributed by atoms with Crippen molar-refractivity contribution in [1.29, 1.82) is 0 Å². The van der Waals surface area contributed by atoms with Gasteiger partial charge in [-0.1, -0.05) is 48.0 Å². The molecule has 0 fully saturated rings. The largest absolute Gasteiger partial charge is 0.363 e. The lowest BCUT2D eigenvalue weighted by molar-refractivity contribution is 0.407. The van der Waals surface area contributed by atoms with E-state index >= 15 is 0 Å². The molecule has 1 unspecified atom stereocenters. The van der Waals surface area contributed by atoms with Gasteiger partial charge in [0, 0.05) is 18.8 Å². The summed E-state index contributed by atoms with van der Waals surface area (Å²) in [5, 5.41) is 0. The SMILES string of the molecule is Cc1ccc(C(C)N(CCN(C)C)c2ccccc2)cc1.Cl. The lowest BCUT2D eigenvalue weighted by Crippen LogP contribution is -2.33. The normalized spacial score (nSPS) is 11.9. The van der Waals surface area contributed by atoms with Crippen LogP contribution in [0.2, 0.25) is 0 Å². The Morgan fingerprint density at radius 3 is 2.00 bits per heavy atom. The fourth-order valence-corrected chi connectivity index (χ4v) is 2.50. The van der Waals surface area contributed by atoms with Gasteiger partial charge in [0.05, 0.1) is 6.04 Å². The van der Waals surface area contributed by atoms with Gasteiger partial charge < -0.3 is 9.80 Å². The number of rotatable bonds is 6. The van der Waals surface area contributed by atoms with Gasteiger partial charge in [-0.15, -0.1) is 12.4 Å². The number of hydrogen-bond donors (Lipinski definition) is 0. The van der Waals surface area contributed by atoms with Crippen molar-refractivity contribution in [3.05, 3.63) is 65.7 Å². The van der Waals surface area contributed by atoms with Crippen LogP contribution in [0.4, 0.5) is 5.69 Å². The molecule has 0 bridgehead atoms. The standard InChI is InChI=1S/C19H26N2.ClH/c1-16-10-12-18(13-11-16)17(2)21(15-14-20(3)4)19-8-6-5-7-9-19;/h5-13,17H,14-15H2,1-4H3;1H. The van der Waals surface area contributed by atoms with Crippen molar-refractivity contribution >= 4 is 18.1 Å². The van der Waals surface area contributed by atoms with Crippen LogP contribution < -0.4 is 4.90 Å². The zero-order valence-electron chi connectivity index (χ0n) is 14.0. The van der Waals surface area contributed by atoms with Crippen molar-refractivity contribution in [3.63, 3.8) is 0 Å². The molecule has 0 amide bonds. The number of para-hydroxylation sites is 1. The van der Waals surface area contributed by atoms with E-state index in [-0.39, 0.29) is 12.4 Å². The van der Waals surface area contributed by atoms with Crippen LogP contribution in [-0.2, 0) is 0 Å². The molecule has 120 valence electrons. The molecule has 1 atom stereocenters. The second-order valence-corrected chi connectivity index (χ2v) is 5.92. The summed E-state index contributed by atoms with van der Waals surface area (Å²) in [5.74, 6) is 0. The summed E-state index contributed by atoms with van der Waals surface area (Å²) in [7, 11) is 4.25. The van der Waals surface area contributed by atoms with Crippen LogP contribution >= 0.6 is 12.4 Å². The van der Waals surface area contributed by atoms with Crippen LogP contribution in [0.15, 0.2) is 54.6 Å². The van der Waals surface area contributed by atoms with Gasteiger partial charge in [0.25, 0.3) is 0 Å². The molecular weight excluding hydrogens is 292 g/mol. The fourth-order valence-electron chi connectivity index (χ4n) is 2.50. The van der Waals surface area contributed by atoms with Gasteiger partial charge in [-0.25, -0.2) is 0 Å². The summed E-state index contributed by atoms with van der Waals surface area (Å²) in [5.41, 5.74) is 3.96. The van der Waals surface area contributed by atoms with E-state index in [2.05, 4.69) is 92.3 Å². The Labute approximate surface area is 141 Å². The molecule has 0 saturated carbocycles. The molecule has 2 rings (SSSR count). The maximum atomic E-state index is 2.48. The van der Waals surface area contributed by atoms with Gasteiger partial charge in [0.15, 0.2) is 0 Å². The molecule has 0 aromatic heterocycles. The van der Waals surface area contributed by atoms with Gasteiger partial charge >= 0.3 is 0 Å². The molecule has 22 heavy (non-hydrogen) atoms. The van der Waals surface area contributed by atoms with Crippen LogP contribution in [0, 0.1) is 6.92 Å². The van der Waals surface area contributed by atoms with E-state index in [1.165, 1.54) is 16.8 Å². The number of likely N-dealkylation sites (N-methyl/N-ethyl adjacent to an activating group) is 1. The number of benzene rings is 2. The van der Waals surface area contributed by atoms with Crippen molar-refractivity contribution < 1.29 is 0 Å². The van der Waals surface area contributed by atoms with Gasteiger partial charge in [0.2, 0.25) is 0 Å². The Kier molecular flexibility index (Phi) is 7.43. The summed E-state index contributed by atoms with van der Waals surface area (Å²) in [4.78, 5) is 4.71. The smallest absolute Gasteiger partial charge is 0.0514 e. The van der Waals surface area contributed by atoms with Gasteiger partial charge in [-0.05, 0) is 45.6 Å². The molecule has 0 heterocycles. The van der Waals surface area contributed by atoms with E-state index in [4.69, 9.17) is 0 Å². The molecule has 2 aromatic rings. The minimum Gasteiger partial charge on any atom is -0.363 e. The Bertz CT molecular complexity index is 537. The van der Waals surface area contributed by atoms with Crippen LogP contribution in [0.1, 0.15) is 24.1 Å². The Morgan fingerprint density at radius 2 is 1.45 bits per heavy atom. The molecule has 0 aliphatic carbocycles. The number of nitrogens with zero attached hydrogens (tertiary/aromatic N) is 2. The number of aryl methyl sites for hydroxylation is 1. The summed E-state index contributed by atoms with van der Waals surface area (Å²) < 4.78 is 0. The maximum absolute atomic E-state index is 2.48. The number of hydrogen-bond acceptors (Lipinski definition) is 2. The molecule has 2 nitrogen and oxygen atoms in total. The monoisotopic (exact) mass is 318 g/mol. The average Bonchev–Trinajstić information content (AvgIpc) is 2.49. The molecule has 0 radical (unpaired) electrons. The molecule has 0 spiro atoms. The zero-order chi connectivity index (χ0) is 15.2. The van der Waals surface area contributed by atoms with Crippen LogP contribution in [0.5, 0.6) is 0 Å². The highest BCUT2D eigenvalue weighted by atomic mass is 35.5. The molecule has 0 aliphatic heterocycles. The predicted octanol–water partition coefficient (Wildman–Crippen LogP) is 4.55. The van der Waals surface area contributed by atoms with Crippen molar-refractivity contribution in [1.82, 2.24) is 4.90 Å². The maximum Gasteiger partial charge on any atom is 0.0514 e. The summed E-state index contributed by atoms with van der Waals surface area (Å²) >= 11 is 0. The zero-order valence-corrected chi connectivity index (χ0v) is 14.8. The fraction of sp³-hybridized carbons (Fsp3) is 0.368. The first-order chi connectivity index (χ1) is 10.1. The number of anilines is 1. The average molecular weight is 319 g/mol. The van der Waals surface area contributed by atoms with Crippen molar-refractivity contribution in [2.75, 3.05) is 32.1 Å². The van der Waals surface area contributed by atoms with Crippen molar-refractivity contribution in [3.8, 4) is 0 Å².